The molecule has 1 amide bonds. The molecule has 2 aromatic carbocycles. The molecule has 4 aromatic rings. The second kappa shape index (κ2) is 8.83. The number of benzene rings is 2. The van der Waals surface area contributed by atoms with E-state index in [2.05, 4.69) is 25.7 Å². The third-order valence-electron chi connectivity index (χ3n) is 4.38. The molecule has 0 bridgehead atoms. The van der Waals surface area contributed by atoms with Crippen LogP contribution in [0.15, 0.2) is 59.3 Å². The van der Waals surface area contributed by atoms with E-state index in [1.165, 1.54) is 11.0 Å². The summed E-state index contributed by atoms with van der Waals surface area (Å²) >= 11 is 6.20. The van der Waals surface area contributed by atoms with Crippen LogP contribution in [0.1, 0.15) is 29.6 Å². The van der Waals surface area contributed by atoms with E-state index in [1.54, 1.807) is 35.2 Å². The molecule has 152 valence electrons. The van der Waals surface area contributed by atoms with Gasteiger partial charge in [-0.25, -0.2) is 4.68 Å². The Balaban J connectivity index is 1.55. The fourth-order valence-electron chi connectivity index (χ4n) is 2.99. The van der Waals surface area contributed by atoms with E-state index < -0.39 is 0 Å². The minimum Gasteiger partial charge on any atom is -0.419 e. The number of hydrogen-bond donors (Lipinski definition) is 0. The highest BCUT2D eigenvalue weighted by Gasteiger charge is 2.20. The Bertz CT molecular complexity index is 1140. The van der Waals surface area contributed by atoms with Crippen molar-refractivity contribution in [2.45, 2.75) is 19.9 Å². The zero-order valence-corrected chi connectivity index (χ0v) is 16.9. The normalized spacial score (nSPS) is 10.9. The Kier molecular flexibility index (Phi) is 5.80. The van der Waals surface area contributed by atoms with Gasteiger partial charge in [-0.15, -0.1) is 15.3 Å². The monoisotopic (exact) mass is 423 g/mol. The number of aromatic nitrogens is 6. The maximum atomic E-state index is 13.1. The van der Waals surface area contributed by atoms with Gasteiger partial charge in [0, 0.05) is 12.1 Å². The molecule has 0 N–H and O–H groups in total. The van der Waals surface area contributed by atoms with Gasteiger partial charge in [0.1, 0.15) is 6.33 Å². The fourth-order valence-corrected chi connectivity index (χ4v) is 3.21. The summed E-state index contributed by atoms with van der Waals surface area (Å²) in [5.41, 5.74) is 1.86. The standard InChI is InChI=1S/C20H18ClN7O2/c1-2-10-27(12-18-23-24-19(30-18)16-8-3-4-9-17(16)21)20(29)14-6-5-7-15(11-14)28-13-22-25-26-28/h3-9,11,13H,2,10,12H2,1H3. The molecule has 0 fully saturated rings. The number of nitrogens with zero attached hydrogens (tertiary/aromatic N) is 7. The van der Waals surface area contributed by atoms with Crippen LogP contribution in [0, 0.1) is 0 Å². The highest BCUT2D eigenvalue weighted by molar-refractivity contribution is 6.33. The van der Waals surface area contributed by atoms with E-state index in [0.29, 0.717) is 40.2 Å². The highest BCUT2D eigenvalue weighted by Crippen LogP contribution is 2.26. The van der Waals surface area contributed by atoms with Crippen LogP contribution in [0.3, 0.4) is 0 Å². The van der Waals surface area contributed by atoms with Crippen molar-refractivity contribution in [2.75, 3.05) is 6.54 Å². The summed E-state index contributed by atoms with van der Waals surface area (Å²) in [5.74, 6) is 0.507. The van der Waals surface area contributed by atoms with E-state index in [0.717, 1.165) is 6.42 Å². The van der Waals surface area contributed by atoms with E-state index in [1.807, 2.05) is 25.1 Å². The molecule has 0 saturated carbocycles. The molecule has 0 aliphatic heterocycles. The van der Waals surface area contributed by atoms with Crippen molar-refractivity contribution in [1.29, 1.82) is 0 Å². The maximum absolute atomic E-state index is 13.1. The van der Waals surface area contributed by atoms with Crippen molar-refractivity contribution in [3.05, 3.63) is 71.3 Å². The molecule has 0 aliphatic rings. The van der Waals surface area contributed by atoms with Gasteiger partial charge in [0.2, 0.25) is 11.8 Å². The molecule has 30 heavy (non-hydrogen) atoms. The van der Waals surface area contributed by atoms with Gasteiger partial charge in [-0.1, -0.05) is 36.7 Å². The zero-order chi connectivity index (χ0) is 20.9. The first kappa shape index (κ1) is 19.7. The quantitative estimate of drug-likeness (QED) is 0.448. The van der Waals surface area contributed by atoms with Crippen LogP contribution in [-0.4, -0.2) is 47.8 Å². The van der Waals surface area contributed by atoms with Crippen molar-refractivity contribution in [3.8, 4) is 17.1 Å². The Morgan fingerprint density at radius 1 is 1.17 bits per heavy atom. The molecule has 2 aromatic heterocycles. The molecular formula is C20H18ClN7O2. The van der Waals surface area contributed by atoms with E-state index in [-0.39, 0.29) is 12.5 Å². The molecular weight excluding hydrogens is 406 g/mol. The third kappa shape index (κ3) is 4.20. The summed E-state index contributed by atoms with van der Waals surface area (Å²) < 4.78 is 7.26. The second-order valence-corrected chi connectivity index (χ2v) is 6.92. The van der Waals surface area contributed by atoms with Gasteiger partial charge in [-0.3, -0.25) is 4.79 Å². The summed E-state index contributed by atoms with van der Waals surface area (Å²) in [4.78, 5) is 14.8. The third-order valence-corrected chi connectivity index (χ3v) is 4.71. The summed E-state index contributed by atoms with van der Waals surface area (Å²) in [6.45, 7) is 2.73. The minimum absolute atomic E-state index is 0.149. The molecule has 0 aliphatic carbocycles. The largest absolute Gasteiger partial charge is 0.419 e. The number of tetrazole rings is 1. The van der Waals surface area contributed by atoms with Gasteiger partial charge in [0.15, 0.2) is 0 Å². The van der Waals surface area contributed by atoms with Crippen molar-refractivity contribution >= 4 is 17.5 Å². The molecule has 0 saturated heterocycles. The van der Waals surface area contributed by atoms with Gasteiger partial charge in [0.25, 0.3) is 5.91 Å². The Labute approximate surface area is 177 Å². The number of carbonyl (C=O) groups is 1. The summed E-state index contributed by atoms with van der Waals surface area (Å²) in [6.07, 6.45) is 2.26. The predicted molar refractivity (Wildman–Crippen MR) is 109 cm³/mol. The predicted octanol–water partition coefficient (Wildman–Crippen LogP) is 3.42. The molecule has 4 rings (SSSR count). The lowest BCUT2D eigenvalue weighted by Crippen LogP contribution is -2.31. The van der Waals surface area contributed by atoms with Crippen LogP contribution in [0.25, 0.3) is 17.1 Å². The van der Waals surface area contributed by atoms with Crippen LogP contribution < -0.4 is 0 Å². The molecule has 10 heteroatoms. The first-order valence-corrected chi connectivity index (χ1v) is 9.73. The minimum atomic E-state index is -0.149. The van der Waals surface area contributed by atoms with Gasteiger partial charge >= 0.3 is 0 Å². The number of amides is 1. The summed E-state index contributed by atoms with van der Waals surface area (Å²) in [5, 5.41) is 19.8. The van der Waals surface area contributed by atoms with Crippen LogP contribution in [0.4, 0.5) is 0 Å². The van der Waals surface area contributed by atoms with E-state index >= 15 is 0 Å². The lowest BCUT2D eigenvalue weighted by atomic mass is 10.1. The topological polar surface area (TPSA) is 103 Å². The van der Waals surface area contributed by atoms with Gasteiger partial charge in [-0.05, 0) is 47.2 Å². The molecule has 0 spiro atoms. The van der Waals surface area contributed by atoms with E-state index in [4.69, 9.17) is 16.0 Å². The highest BCUT2D eigenvalue weighted by atomic mass is 35.5. The number of halogens is 1. The van der Waals surface area contributed by atoms with Crippen LogP contribution in [0.5, 0.6) is 0 Å². The van der Waals surface area contributed by atoms with Crippen molar-refractivity contribution in [2.24, 2.45) is 0 Å². The van der Waals surface area contributed by atoms with Crippen LogP contribution in [-0.2, 0) is 6.54 Å². The first-order chi connectivity index (χ1) is 14.7. The van der Waals surface area contributed by atoms with E-state index in [9.17, 15) is 4.79 Å². The number of hydrogen-bond acceptors (Lipinski definition) is 7. The number of carbonyl (C=O) groups excluding carboxylic acids is 1. The summed E-state index contributed by atoms with van der Waals surface area (Å²) in [7, 11) is 0. The zero-order valence-electron chi connectivity index (χ0n) is 16.1. The lowest BCUT2D eigenvalue weighted by Gasteiger charge is -2.20. The smallest absolute Gasteiger partial charge is 0.254 e. The molecule has 2 heterocycles. The van der Waals surface area contributed by atoms with Crippen LogP contribution >= 0.6 is 11.6 Å². The lowest BCUT2D eigenvalue weighted by molar-refractivity contribution is 0.0728. The molecule has 9 nitrogen and oxygen atoms in total. The average Bonchev–Trinajstić information content (AvgIpc) is 3.46. The summed E-state index contributed by atoms with van der Waals surface area (Å²) in [6, 6.07) is 14.3. The molecule has 0 unspecified atom stereocenters. The van der Waals surface area contributed by atoms with Gasteiger partial charge in [-0.2, -0.15) is 0 Å². The Hall–Kier alpha value is -3.59. The molecule has 0 atom stereocenters. The Morgan fingerprint density at radius 2 is 2.03 bits per heavy atom. The van der Waals surface area contributed by atoms with Crippen molar-refractivity contribution < 1.29 is 9.21 Å². The van der Waals surface area contributed by atoms with Gasteiger partial charge in [0.05, 0.1) is 22.8 Å². The average molecular weight is 424 g/mol. The Morgan fingerprint density at radius 3 is 2.80 bits per heavy atom. The maximum Gasteiger partial charge on any atom is 0.254 e. The second-order valence-electron chi connectivity index (χ2n) is 6.51. The fraction of sp³-hybridized carbons (Fsp3) is 0.200. The van der Waals surface area contributed by atoms with Crippen LogP contribution in [0.2, 0.25) is 5.02 Å². The SMILES string of the molecule is CCCN(Cc1nnc(-c2ccccc2Cl)o1)C(=O)c1cccc(-n2cnnn2)c1. The molecule has 0 radical (unpaired) electrons. The number of rotatable bonds is 7. The van der Waals surface area contributed by atoms with Gasteiger partial charge < -0.3 is 9.32 Å². The first-order valence-electron chi connectivity index (χ1n) is 9.35. The van der Waals surface area contributed by atoms with Crippen molar-refractivity contribution in [1.82, 2.24) is 35.3 Å². The van der Waals surface area contributed by atoms with Crippen molar-refractivity contribution in [3.63, 3.8) is 0 Å².